The van der Waals surface area contributed by atoms with Crippen molar-refractivity contribution >= 4 is 18.2 Å². The molecule has 0 aromatic heterocycles. The Hall–Kier alpha value is -1.10. The quantitative estimate of drug-likeness (QED) is 0.744. The van der Waals surface area contributed by atoms with Gasteiger partial charge >= 0.3 is 0 Å². The van der Waals surface area contributed by atoms with Crippen LogP contribution in [0.4, 0.5) is 0 Å². The highest BCUT2D eigenvalue weighted by molar-refractivity contribution is 5.94. The van der Waals surface area contributed by atoms with E-state index in [1.54, 1.807) is 24.3 Å². The topological polar surface area (TPSA) is 49.8 Å². The largest absolute Gasteiger partial charge is 0.491 e. The number of aliphatic hydroxyl groups is 1. The molecule has 0 saturated carbocycles. The molecule has 0 aliphatic carbocycles. The Morgan fingerprint density at radius 1 is 1.23 bits per heavy atom. The first-order valence-corrected chi connectivity index (χ1v) is 7.49. The van der Waals surface area contributed by atoms with Crippen LogP contribution in [0.15, 0.2) is 24.3 Å². The second-order valence-electron chi connectivity index (χ2n) is 5.93. The summed E-state index contributed by atoms with van der Waals surface area (Å²) < 4.78 is 5.59. The van der Waals surface area contributed by atoms with E-state index in [-0.39, 0.29) is 24.8 Å². The van der Waals surface area contributed by atoms with Crippen LogP contribution in [0.5, 0.6) is 5.75 Å². The molecule has 0 bridgehead atoms. The van der Waals surface area contributed by atoms with Gasteiger partial charge in [0, 0.05) is 24.2 Å². The number of hydrogen-bond acceptors (Lipinski definition) is 4. The number of carbonyl (C=O) groups is 1. The molecule has 1 N–H and O–H groups in total. The van der Waals surface area contributed by atoms with Gasteiger partial charge in [0.05, 0.1) is 0 Å². The zero-order valence-electron chi connectivity index (χ0n) is 14.1. The first kappa shape index (κ1) is 20.9. The van der Waals surface area contributed by atoms with Crippen molar-refractivity contribution in [2.75, 3.05) is 13.2 Å². The fourth-order valence-electron chi connectivity index (χ4n) is 2.31. The van der Waals surface area contributed by atoms with E-state index in [2.05, 4.69) is 32.6 Å². The van der Waals surface area contributed by atoms with Crippen LogP contribution in [0.25, 0.3) is 0 Å². The van der Waals surface area contributed by atoms with Gasteiger partial charge in [-0.3, -0.25) is 9.69 Å². The number of benzene rings is 1. The third-order valence-electron chi connectivity index (χ3n) is 3.43. The first-order valence-electron chi connectivity index (χ1n) is 7.49. The van der Waals surface area contributed by atoms with Gasteiger partial charge in [0.15, 0.2) is 5.78 Å². The van der Waals surface area contributed by atoms with E-state index >= 15 is 0 Å². The average molecular weight is 330 g/mol. The third-order valence-corrected chi connectivity index (χ3v) is 3.43. The monoisotopic (exact) mass is 329 g/mol. The molecule has 0 spiro atoms. The maximum Gasteiger partial charge on any atom is 0.159 e. The fraction of sp³-hybridized carbons (Fsp3) is 0.588. The molecule has 22 heavy (non-hydrogen) atoms. The lowest BCUT2D eigenvalue weighted by Gasteiger charge is -2.32. The number of aliphatic hydroxyl groups excluding tert-OH is 1. The Morgan fingerprint density at radius 3 is 2.32 bits per heavy atom. The van der Waals surface area contributed by atoms with Crippen LogP contribution in [0, 0.1) is 0 Å². The van der Waals surface area contributed by atoms with E-state index in [4.69, 9.17) is 4.74 Å². The Balaban J connectivity index is 0.00000441. The summed E-state index contributed by atoms with van der Waals surface area (Å²) in [6, 6.07) is 7.79. The second-order valence-corrected chi connectivity index (χ2v) is 5.93. The lowest BCUT2D eigenvalue weighted by Crippen LogP contribution is -2.43. The van der Waals surface area contributed by atoms with Crippen LogP contribution >= 0.6 is 12.4 Å². The summed E-state index contributed by atoms with van der Waals surface area (Å²) in [5.41, 5.74) is 0.618. The van der Waals surface area contributed by atoms with Gasteiger partial charge in [0.1, 0.15) is 18.5 Å². The number of rotatable bonds is 8. The van der Waals surface area contributed by atoms with E-state index in [0.717, 1.165) is 0 Å². The highest BCUT2D eigenvalue weighted by Crippen LogP contribution is 2.14. The van der Waals surface area contributed by atoms with Gasteiger partial charge < -0.3 is 9.84 Å². The molecule has 5 heteroatoms. The molecule has 0 saturated heterocycles. The van der Waals surface area contributed by atoms with Crippen molar-refractivity contribution in [1.82, 2.24) is 4.90 Å². The van der Waals surface area contributed by atoms with Crippen LogP contribution in [0.2, 0.25) is 0 Å². The number of halogens is 1. The second kappa shape index (κ2) is 9.82. The summed E-state index contributed by atoms with van der Waals surface area (Å²) in [5.74, 6) is 0.620. The minimum absolute atomic E-state index is 0. The lowest BCUT2D eigenvalue weighted by atomic mass is 10.1. The maximum atomic E-state index is 11.3. The molecule has 1 atom stereocenters. The average Bonchev–Trinajstić information content (AvgIpc) is 2.42. The summed E-state index contributed by atoms with van der Waals surface area (Å²) in [6.45, 7) is 10.8. The van der Waals surface area contributed by atoms with Gasteiger partial charge in [-0.1, -0.05) is 12.1 Å². The number of carbonyl (C=O) groups excluding carboxylic acids is 1. The number of ketones is 1. The molecule has 0 fully saturated rings. The van der Waals surface area contributed by atoms with Crippen LogP contribution in [-0.4, -0.2) is 47.1 Å². The first-order chi connectivity index (χ1) is 9.81. The Labute approximate surface area is 139 Å². The Bertz CT molecular complexity index is 455. The van der Waals surface area contributed by atoms with Crippen LogP contribution in [0.3, 0.4) is 0 Å². The van der Waals surface area contributed by atoms with Crippen LogP contribution in [-0.2, 0) is 0 Å². The van der Waals surface area contributed by atoms with Crippen molar-refractivity contribution in [3.8, 4) is 5.75 Å². The lowest BCUT2D eigenvalue weighted by molar-refractivity contribution is 0.0445. The number of nitrogens with zero attached hydrogens (tertiary/aromatic N) is 1. The van der Waals surface area contributed by atoms with E-state index in [0.29, 0.717) is 29.9 Å². The van der Waals surface area contributed by atoms with Crippen molar-refractivity contribution in [3.63, 3.8) is 0 Å². The maximum absolute atomic E-state index is 11.3. The third kappa shape index (κ3) is 6.77. The predicted molar refractivity (Wildman–Crippen MR) is 92.2 cm³/mol. The van der Waals surface area contributed by atoms with Crippen molar-refractivity contribution in [2.45, 2.75) is 52.8 Å². The number of ether oxygens (including phenoxy) is 1. The number of hydrogen-bond donors (Lipinski definition) is 1. The molecule has 126 valence electrons. The summed E-state index contributed by atoms with van der Waals surface area (Å²) in [5, 5.41) is 10.1. The minimum Gasteiger partial charge on any atom is -0.491 e. The normalized spacial score (nSPS) is 12.4. The molecule has 1 aromatic carbocycles. The van der Waals surface area contributed by atoms with E-state index in [1.807, 2.05) is 0 Å². The molecule has 0 amide bonds. The summed E-state index contributed by atoms with van der Waals surface area (Å²) in [6.07, 6.45) is -0.559. The van der Waals surface area contributed by atoms with E-state index in [9.17, 15) is 9.90 Å². The van der Waals surface area contributed by atoms with Gasteiger partial charge in [-0.15, -0.1) is 12.4 Å². The molecule has 1 rings (SSSR count). The van der Waals surface area contributed by atoms with Crippen LogP contribution < -0.4 is 4.74 Å². The number of Topliss-reactive ketones (excluding diaryl/α,β-unsaturated/α-hetero) is 1. The Kier molecular flexibility index (Phi) is 9.33. The zero-order chi connectivity index (χ0) is 16.0. The standard InChI is InChI=1S/C17H27NO3.ClH/c1-12(2)18(13(3)4)10-16(20)11-21-17-8-6-7-15(9-17)14(5)19;/h6-9,12-13,16,20H,10-11H2,1-5H3;1H. The summed E-state index contributed by atoms with van der Waals surface area (Å²) in [4.78, 5) is 13.5. The smallest absolute Gasteiger partial charge is 0.159 e. The zero-order valence-corrected chi connectivity index (χ0v) is 14.9. The fourth-order valence-corrected chi connectivity index (χ4v) is 2.31. The van der Waals surface area contributed by atoms with Crippen molar-refractivity contribution in [1.29, 1.82) is 0 Å². The van der Waals surface area contributed by atoms with Gasteiger partial charge in [0.2, 0.25) is 0 Å². The molecule has 4 nitrogen and oxygen atoms in total. The van der Waals surface area contributed by atoms with Crippen molar-refractivity contribution in [3.05, 3.63) is 29.8 Å². The summed E-state index contributed by atoms with van der Waals surface area (Å²) >= 11 is 0. The predicted octanol–water partition coefficient (Wildman–Crippen LogP) is 3.17. The van der Waals surface area contributed by atoms with Gasteiger partial charge in [-0.05, 0) is 46.8 Å². The van der Waals surface area contributed by atoms with Crippen LogP contribution in [0.1, 0.15) is 45.0 Å². The van der Waals surface area contributed by atoms with Gasteiger partial charge in [0.25, 0.3) is 0 Å². The van der Waals surface area contributed by atoms with Crippen molar-refractivity contribution < 1.29 is 14.6 Å². The molecule has 1 unspecified atom stereocenters. The molecule has 0 heterocycles. The Morgan fingerprint density at radius 2 is 1.82 bits per heavy atom. The molecule has 0 aliphatic heterocycles. The molecule has 0 radical (unpaired) electrons. The highest BCUT2D eigenvalue weighted by atomic mass is 35.5. The molecule has 0 aliphatic rings. The van der Waals surface area contributed by atoms with Crippen molar-refractivity contribution in [2.24, 2.45) is 0 Å². The molecule has 1 aromatic rings. The minimum atomic E-state index is -0.559. The molecular formula is C17H28ClNO3. The molecular weight excluding hydrogens is 302 g/mol. The van der Waals surface area contributed by atoms with Gasteiger partial charge in [-0.2, -0.15) is 0 Å². The van der Waals surface area contributed by atoms with Gasteiger partial charge in [-0.25, -0.2) is 0 Å². The highest BCUT2D eigenvalue weighted by Gasteiger charge is 2.18. The summed E-state index contributed by atoms with van der Waals surface area (Å²) in [7, 11) is 0. The SMILES string of the molecule is CC(=O)c1cccc(OCC(O)CN(C(C)C)C(C)C)c1.Cl. The van der Waals surface area contributed by atoms with E-state index in [1.165, 1.54) is 6.92 Å². The van der Waals surface area contributed by atoms with E-state index < -0.39 is 6.10 Å².